The molecule has 0 aliphatic carbocycles. The predicted molar refractivity (Wildman–Crippen MR) is 127 cm³/mol. The van der Waals surface area contributed by atoms with E-state index < -0.39 is 29.4 Å². The van der Waals surface area contributed by atoms with Gasteiger partial charge in [0.15, 0.2) is 0 Å². The highest BCUT2D eigenvalue weighted by atomic mass is 35.5. The van der Waals surface area contributed by atoms with Crippen LogP contribution in [0.15, 0.2) is 36.7 Å². The summed E-state index contributed by atoms with van der Waals surface area (Å²) in [6.07, 6.45) is 2.61. The Bertz CT molecular complexity index is 886. The smallest absolute Gasteiger partial charge is 0.420 e. The van der Waals surface area contributed by atoms with Gasteiger partial charge in [-0.1, -0.05) is 24.6 Å². The van der Waals surface area contributed by atoms with Crippen molar-refractivity contribution in [3.63, 3.8) is 0 Å². The Hall–Kier alpha value is -2.67. The lowest BCUT2D eigenvalue weighted by Crippen LogP contribution is -2.45. The number of aromatic amines is 1. The van der Waals surface area contributed by atoms with E-state index in [-0.39, 0.29) is 0 Å². The van der Waals surface area contributed by atoms with E-state index in [1.165, 1.54) is 0 Å². The van der Waals surface area contributed by atoms with Crippen molar-refractivity contribution in [1.29, 1.82) is 0 Å². The second-order valence-corrected chi connectivity index (χ2v) is 9.99. The first-order valence-corrected chi connectivity index (χ1v) is 11.1. The van der Waals surface area contributed by atoms with E-state index in [9.17, 15) is 9.59 Å². The van der Waals surface area contributed by atoms with Crippen molar-refractivity contribution in [3.8, 4) is 0 Å². The molecule has 0 bridgehead atoms. The number of amides is 2. The molecule has 176 valence electrons. The maximum atomic E-state index is 13.2. The van der Waals surface area contributed by atoms with Gasteiger partial charge in [0.25, 0.3) is 0 Å². The van der Waals surface area contributed by atoms with Gasteiger partial charge >= 0.3 is 12.2 Å². The normalized spacial score (nSPS) is 12.8. The largest absolute Gasteiger partial charge is 0.443 e. The molecular formula is C24H34ClN3O4. The van der Waals surface area contributed by atoms with E-state index in [2.05, 4.69) is 10.3 Å². The van der Waals surface area contributed by atoms with E-state index in [1.54, 1.807) is 53.7 Å². The molecule has 0 aliphatic rings. The van der Waals surface area contributed by atoms with E-state index in [0.29, 0.717) is 18.0 Å². The fraction of sp³-hybridized carbons (Fsp3) is 0.500. The number of H-pyrrole nitrogens is 1. The van der Waals surface area contributed by atoms with Crippen LogP contribution in [0.4, 0.5) is 15.3 Å². The lowest BCUT2D eigenvalue weighted by molar-refractivity contribution is -0.00811. The molecule has 8 heteroatoms. The molecule has 0 saturated carbocycles. The summed E-state index contributed by atoms with van der Waals surface area (Å²) in [5.74, 6) is 0. The molecule has 2 N–H and O–H groups in total. The van der Waals surface area contributed by atoms with Gasteiger partial charge in [-0.05, 0) is 77.3 Å². The second-order valence-electron chi connectivity index (χ2n) is 9.55. The third-order valence-electron chi connectivity index (χ3n) is 4.43. The molecular weight excluding hydrogens is 430 g/mol. The number of imide groups is 1. The topological polar surface area (TPSA) is 83.7 Å². The lowest BCUT2D eigenvalue weighted by Gasteiger charge is -2.34. The Morgan fingerprint density at radius 2 is 1.66 bits per heavy atom. The minimum Gasteiger partial charge on any atom is -0.443 e. The van der Waals surface area contributed by atoms with Crippen LogP contribution in [0.3, 0.4) is 0 Å². The van der Waals surface area contributed by atoms with Gasteiger partial charge in [-0.3, -0.25) is 0 Å². The molecule has 0 unspecified atom stereocenters. The fourth-order valence-corrected chi connectivity index (χ4v) is 3.34. The number of nitrogens with one attached hydrogen (secondary N) is 2. The Balaban J connectivity index is 2.47. The van der Waals surface area contributed by atoms with Gasteiger partial charge < -0.3 is 19.8 Å². The number of anilines is 1. The standard InChI is InChI=1S/C24H34ClN3O4/c1-8-20(28(21(29)31-23(2,3)4)22(30)32-24(5,6)7)19-13-17(25)10-9-16(19)14-27-18-11-12-26-15-18/h9-13,15,20,26-27H,8,14H2,1-7H3/t20-/m1/s1. The summed E-state index contributed by atoms with van der Waals surface area (Å²) in [4.78, 5) is 30.4. The summed E-state index contributed by atoms with van der Waals surface area (Å²) in [6.45, 7) is 12.9. The molecule has 2 aromatic rings. The van der Waals surface area contributed by atoms with Crippen molar-refractivity contribution >= 4 is 29.5 Å². The lowest BCUT2D eigenvalue weighted by atomic mass is 9.97. The first-order valence-electron chi connectivity index (χ1n) is 10.7. The molecule has 0 radical (unpaired) electrons. The SMILES string of the molecule is CC[C@H](c1cc(Cl)ccc1CNc1cc[nH]c1)N(C(=O)OC(C)(C)C)C(=O)OC(C)(C)C. The van der Waals surface area contributed by atoms with Crippen molar-refractivity contribution in [3.05, 3.63) is 52.8 Å². The van der Waals surface area contributed by atoms with Crippen LogP contribution in [0.2, 0.25) is 5.02 Å². The number of hydrogen-bond donors (Lipinski definition) is 2. The van der Waals surface area contributed by atoms with Crippen LogP contribution >= 0.6 is 11.6 Å². The third-order valence-corrected chi connectivity index (χ3v) is 4.66. The number of ether oxygens (including phenoxy) is 2. The predicted octanol–water partition coefficient (Wildman–Crippen LogP) is 6.90. The van der Waals surface area contributed by atoms with Crippen molar-refractivity contribution in [2.75, 3.05) is 5.32 Å². The zero-order chi connectivity index (χ0) is 24.1. The van der Waals surface area contributed by atoms with Crippen LogP contribution in [0.1, 0.15) is 72.1 Å². The maximum Gasteiger partial charge on any atom is 0.420 e. The molecule has 2 amide bonds. The number of benzene rings is 1. The molecule has 2 rings (SSSR count). The molecule has 0 saturated heterocycles. The molecule has 0 fully saturated rings. The number of halogens is 1. The number of hydrogen-bond acceptors (Lipinski definition) is 5. The van der Waals surface area contributed by atoms with Crippen molar-refractivity contribution < 1.29 is 19.1 Å². The second kappa shape index (κ2) is 10.3. The number of carbonyl (C=O) groups is 2. The monoisotopic (exact) mass is 463 g/mol. The molecule has 1 heterocycles. The van der Waals surface area contributed by atoms with Gasteiger partial charge in [0, 0.05) is 24.0 Å². The highest BCUT2D eigenvalue weighted by Crippen LogP contribution is 2.33. The zero-order valence-corrected chi connectivity index (χ0v) is 20.7. The van der Waals surface area contributed by atoms with E-state index in [0.717, 1.165) is 21.7 Å². The maximum absolute atomic E-state index is 13.2. The highest BCUT2D eigenvalue weighted by molar-refractivity contribution is 6.30. The van der Waals surface area contributed by atoms with Gasteiger partial charge in [-0.2, -0.15) is 0 Å². The average molecular weight is 464 g/mol. The minimum absolute atomic E-state index is 0.454. The van der Waals surface area contributed by atoms with Crippen molar-refractivity contribution in [1.82, 2.24) is 9.88 Å². The van der Waals surface area contributed by atoms with Gasteiger partial charge in [-0.25, -0.2) is 14.5 Å². The van der Waals surface area contributed by atoms with Gasteiger partial charge in [0.1, 0.15) is 11.2 Å². The van der Waals surface area contributed by atoms with E-state index in [1.807, 2.05) is 31.5 Å². The third kappa shape index (κ3) is 7.48. The molecule has 0 spiro atoms. The van der Waals surface area contributed by atoms with Crippen LogP contribution in [0.5, 0.6) is 0 Å². The van der Waals surface area contributed by atoms with Crippen molar-refractivity contribution in [2.45, 2.75) is 78.7 Å². The summed E-state index contributed by atoms with van der Waals surface area (Å²) in [7, 11) is 0. The number of aromatic nitrogens is 1. The van der Waals surface area contributed by atoms with E-state index >= 15 is 0 Å². The van der Waals surface area contributed by atoms with E-state index in [4.69, 9.17) is 21.1 Å². The molecule has 32 heavy (non-hydrogen) atoms. The van der Waals surface area contributed by atoms with Gasteiger partial charge in [-0.15, -0.1) is 0 Å². The quantitative estimate of drug-likeness (QED) is 0.486. The average Bonchev–Trinajstić information content (AvgIpc) is 3.15. The first-order chi connectivity index (χ1) is 14.8. The summed E-state index contributed by atoms with van der Waals surface area (Å²) in [5, 5.41) is 3.84. The zero-order valence-electron chi connectivity index (χ0n) is 19.9. The molecule has 1 aromatic heterocycles. The Labute approximate surface area is 195 Å². The van der Waals surface area contributed by atoms with Crippen LogP contribution in [-0.2, 0) is 16.0 Å². The van der Waals surface area contributed by atoms with Gasteiger partial charge in [0.2, 0.25) is 0 Å². The summed E-state index contributed by atoms with van der Waals surface area (Å²) < 4.78 is 11.1. The first kappa shape index (κ1) is 25.6. The summed E-state index contributed by atoms with van der Waals surface area (Å²) in [6, 6.07) is 6.76. The van der Waals surface area contributed by atoms with Crippen LogP contribution in [0, 0.1) is 0 Å². The number of nitrogens with zero attached hydrogens (tertiary/aromatic N) is 1. The number of rotatable bonds is 6. The minimum atomic E-state index is -0.775. The fourth-order valence-electron chi connectivity index (χ4n) is 3.16. The molecule has 1 atom stereocenters. The van der Waals surface area contributed by atoms with Crippen molar-refractivity contribution in [2.24, 2.45) is 0 Å². The number of carbonyl (C=O) groups excluding carboxylic acids is 2. The highest BCUT2D eigenvalue weighted by Gasteiger charge is 2.37. The van der Waals surface area contributed by atoms with Crippen LogP contribution in [-0.4, -0.2) is 33.3 Å². The summed E-state index contributed by atoms with van der Waals surface area (Å²) in [5.41, 5.74) is 1.03. The van der Waals surface area contributed by atoms with Gasteiger partial charge in [0.05, 0.1) is 11.7 Å². The summed E-state index contributed by atoms with van der Waals surface area (Å²) >= 11 is 6.32. The molecule has 7 nitrogen and oxygen atoms in total. The van der Waals surface area contributed by atoms with Crippen LogP contribution < -0.4 is 5.32 Å². The molecule has 1 aromatic carbocycles. The molecule has 0 aliphatic heterocycles. The Kier molecular flexibility index (Phi) is 8.24. The van der Waals surface area contributed by atoms with Crippen LogP contribution in [0.25, 0.3) is 0 Å². The Morgan fingerprint density at radius 3 is 2.12 bits per heavy atom. The Morgan fingerprint density at radius 1 is 1.06 bits per heavy atom.